The standard InChI is InChI=1S/C53H96N2O14.2ClH/c1-9-11-25-33-48(68-52(62)41-54(5,6)37-39-64-44(3)56)46(58)31-27-21-17-13-15-19-23-29-35-50(60)66-43-67-51(61)36-30-24-20-16-14-18-22-28-32-47(59)49(34-26-12-10-2)69-53(63)42-55(7,8)38-40-65-45(4)57;;/h21-22,27-28,46-49,58-59H,9-20,23-26,29-43H2,1-8H3;2*1H/q+2;;/b27-21-,28-22-;;. The number of aliphatic hydroxyl groups is 2. The van der Waals surface area contributed by atoms with Crippen molar-refractivity contribution in [3.8, 4) is 0 Å². The molecule has 0 heterocycles. The molecule has 2 N–H and O–H groups in total. The van der Waals surface area contributed by atoms with Crippen molar-refractivity contribution in [3.05, 3.63) is 24.3 Å². The van der Waals surface area contributed by atoms with E-state index < -0.39 is 24.4 Å². The molecule has 0 aromatic heterocycles. The van der Waals surface area contributed by atoms with Gasteiger partial charge < -0.3 is 47.6 Å². The second-order valence-corrected chi connectivity index (χ2v) is 19.7. The smallest absolute Gasteiger partial charge is 0.362 e. The lowest BCUT2D eigenvalue weighted by Crippen LogP contribution is -2.47. The first kappa shape index (κ1) is 72.0. The van der Waals surface area contributed by atoms with Crippen molar-refractivity contribution >= 4 is 60.6 Å². The van der Waals surface area contributed by atoms with Crippen LogP contribution in [0, 0.1) is 0 Å². The van der Waals surface area contributed by atoms with Crippen molar-refractivity contribution in [1.29, 1.82) is 0 Å². The number of likely N-dealkylation sites (N-methyl/N-ethyl adjacent to an activating group) is 2. The number of aliphatic hydroxyl groups excluding tert-OH is 2. The number of hydrogen-bond acceptors (Lipinski definition) is 14. The molecule has 0 fully saturated rings. The SMILES string of the molecule is CCCCCC(OC(=O)C[N+](C)(C)CCOC(C)=O)C(O)C/C=C\CCCCCCCC(=O)OCOC(=O)CCCCCCC/C=C\CC(O)C(CCCCC)OC(=O)C[N+](C)(C)CCOC(C)=O.Cl.Cl. The Balaban J connectivity index is -0.0000231. The molecule has 0 aromatic carbocycles. The van der Waals surface area contributed by atoms with Crippen LogP contribution in [-0.4, -0.2) is 154 Å². The van der Waals surface area contributed by atoms with Crippen LogP contribution in [-0.2, 0) is 57.2 Å². The van der Waals surface area contributed by atoms with Crippen molar-refractivity contribution in [1.82, 2.24) is 0 Å². The van der Waals surface area contributed by atoms with Crippen LogP contribution in [0.25, 0.3) is 0 Å². The minimum Gasteiger partial charge on any atom is -0.460 e. The Kier molecular flexibility index (Phi) is 46.0. The molecule has 4 atom stereocenters. The van der Waals surface area contributed by atoms with Crippen LogP contribution in [0.5, 0.6) is 0 Å². The molecule has 18 heteroatoms. The monoisotopic (exact) mass is 1060 g/mol. The predicted octanol–water partition coefficient (Wildman–Crippen LogP) is 9.21. The maximum atomic E-state index is 12.8. The highest BCUT2D eigenvalue weighted by molar-refractivity contribution is 5.85. The summed E-state index contributed by atoms with van der Waals surface area (Å²) in [5.41, 5.74) is 0. The Hall–Kier alpha value is -3.28. The van der Waals surface area contributed by atoms with E-state index in [1.807, 2.05) is 40.3 Å². The van der Waals surface area contributed by atoms with E-state index in [9.17, 15) is 39.0 Å². The summed E-state index contributed by atoms with van der Waals surface area (Å²) in [7, 11) is 7.49. The number of halogens is 2. The molecular formula is C53H98Cl2N2O14+2. The van der Waals surface area contributed by atoms with Gasteiger partial charge in [-0.25, -0.2) is 9.59 Å². The van der Waals surface area contributed by atoms with Gasteiger partial charge in [-0.2, -0.15) is 0 Å². The number of unbranched alkanes of at least 4 members (excludes halogenated alkanes) is 14. The number of carbonyl (C=O) groups is 6. The second-order valence-electron chi connectivity index (χ2n) is 19.7. The summed E-state index contributed by atoms with van der Waals surface area (Å²) >= 11 is 0. The quantitative estimate of drug-likeness (QED) is 0.0146. The van der Waals surface area contributed by atoms with Crippen LogP contribution in [0.4, 0.5) is 0 Å². The Labute approximate surface area is 440 Å². The number of ether oxygens (including phenoxy) is 6. The number of nitrogens with zero attached hydrogens (tertiary/aromatic N) is 2. The lowest BCUT2D eigenvalue weighted by atomic mass is 10.0. The van der Waals surface area contributed by atoms with Gasteiger partial charge in [-0.3, -0.25) is 19.2 Å². The molecule has 0 saturated carbocycles. The van der Waals surface area contributed by atoms with Gasteiger partial charge in [0.1, 0.15) is 38.5 Å². The fourth-order valence-corrected chi connectivity index (χ4v) is 7.43. The van der Waals surface area contributed by atoms with Crippen molar-refractivity contribution < 1.29 is 76.4 Å². The largest absolute Gasteiger partial charge is 0.460 e. The van der Waals surface area contributed by atoms with Crippen LogP contribution < -0.4 is 0 Å². The third-order valence-electron chi connectivity index (χ3n) is 11.8. The van der Waals surface area contributed by atoms with Gasteiger partial charge in [0.25, 0.3) is 0 Å². The summed E-state index contributed by atoms with van der Waals surface area (Å²) in [6.07, 6.45) is 24.4. The molecule has 0 aliphatic carbocycles. The molecule has 0 spiro atoms. The van der Waals surface area contributed by atoms with Crippen LogP contribution in [0.3, 0.4) is 0 Å². The number of carbonyl (C=O) groups excluding carboxylic acids is 6. The first-order chi connectivity index (χ1) is 32.8. The van der Waals surface area contributed by atoms with Crippen LogP contribution >= 0.6 is 24.8 Å². The van der Waals surface area contributed by atoms with Crippen LogP contribution in [0.1, 0.15) is 182 Å². The summed E-state index contributed by atoms with van der Waals surface area (Å²) in [5.74, 6) is -2.24. The topological polar surface area (TPSA) is 198 Å². The highest BCUT2D eigenvalue weighted by Crippen LogP contribution is 2.18. The third-order valence-corrected chi connectivity index (χ3v) is 11.8. The van der Waals surface area contributed by atoms with Crippen LogP contribution in [0.15, 0.2) is 24.3 Å². The number of quaternary nitrogens is 2. The zero-order valence-electron chi connectivity index (χ0n) is 45.0. The summed E-state index contributed by atoms with van der Waals surface area (Å²) in [4.78, 5) is 71.9. The second kappa shape index (κ2) is 45.3. The van der Waals surface area contributed by atoms with Crippen molar-refractivity contribution in [2.24, 2.45) is 0 Å². The minimum atomic E-state index is -0.792. The highest BCUT2D eigenvalue weighted by atomic mass is 35.5. The normalized spacial score (nSPS) is 13.3. The van der Waals surface area contributed by atoms with Gasteiger partial charge >= 0.3 is 35.8 Å². The fourth-order valence-electron chi connectivity index (χ4n) is 7.43. The van der Waals surface area contributed by atoms with E-state index in [0.29, 0.717) is 60.6 Å². The molecule has 4 unspecified atom stereocenters. The Morgan fingerprint density at radius 1 is 0.465 bits per heavy atom. The molecule has 0 radical (unpaired) electrons. The first-order valence-electron chi connectivity index (χ1n) is 26.1. The Morgan fingerprint density at radius 3 is 1.17 bits per heavy atom. The molecule has 0 aromatic rings. The van der Waals surface area contributed by atoms with Crippen molar-refractivity contribution in [3.63, 3.8) is 0 Å². The third kappa shape index (κ3) is 45.1. The molecule has 16 nitrogen and oxygen atoms in total. The average molecular weight is 1060 g/mol. The number of esters is 6. The van der Waals surface area contributed by atoms with Gasteiger partial charge in [-0.15, -0.1) is 24.8 Å². The van der Waals surface area contributed by atoms with E-state index >= 15 is 0 Å². The summed E-state index contributed by atoms with van der Waals surface area (Å²) in [6.45, 7) is 8.15. The lowest BCUT2D eigenvalue weighted by Gasteiger charge is -2.30. The van der Waals surface area contributed by atoms with Gasteiger partial charge in [0.15, 0.2) is 13.1 Å². The lowest BCUT2D eigenvalue weighted by molar-refractivity contribution is -0.883. The molecule has 0 aliphatic rings. The van der Waals surface area contributed by atoms with Gasteiger partial charge in [-0.1, -0.05) is 102 Å². The minimum absolute atomic E-state index is 0. The van der Waals surface area contributed by atoms with Gasteiger partial charge in [0, 0.05) is 26.7 Å². The van der Waals surface area contributed by atoms with Crippen molar-refractivity contribution in [2.45, 2.75) is 206 Å². The molecule has 0 rings (SSSR count). The van der Waals surface area contributed by atoms with Crippen LogP contribution in [0.2, 0.25) is 0 Å². The molecule has 71 heavy (non-hydrogen) atoms. The fraction of sp³-hybridized carbons (Fsp3) is 0.811. The average Bonchev–Trinajstić information content (AvgIpc) is 3.26. The zero-order valence-corrected chi connectivity index (χ0v) is 46.7. The van der Waals surface area contributed by atoms with Crippen molar-refractivity contribution in [2.75, 3.05) is 74.4 Å². The Bertz CT molecular complexity index is 1370. The summed E-state index contributed by atoms with van der Waals surface area (Å²) in [6, 6.07) is 0. The predicted molar refractivity (Wildman–Crippen MR) is 281 cm³/mol. The molecule has 0 amide bonds. The van der Waals surface area contributed by atoms with E-state index in [0.717, 1.165) is 103 Å². The summed E-state index contributed by atoms with van der Waals surface area (Å²) in [5, 5.41) is 21.8. The number of hydrogen-bond donors (Lipinski definition) is 2. The maximum absolute atomic E-state index is 12.8. The molecule has 416 valence electrons. The van der Waals surface area contributed by atoms with E-state index in [-0.39, 0.29) is 107 Å². The molecular weight excluding hydrogens is 959 g/mol. The molecule has 0 bridgehead atoms. The summed E-state index contributed by atoms with van der Waals surface area (Å²) < 4.78 is 32.3. The van der Waals surface area contributed by atoms with E-state index in [4.69, 9.17) is 28.4 Å². The van der Waals surface area contributed by atoms with Gasteiger partial charge in [0.05, 0.1) is 40.4 Å². The van der Waals surface area contributed by atoms with Gasteiger partial charge in [-0.05, 0) is 77.0 Å². The van der Waals surface area contributed by atoms with E-state index in [2.05, 4.69) is 26.0 Å². The first-order valence-corrected chi connectivity index (χ1v) is 26.1. The van der Waals surface area contributed by atoms with E-state index in [1.54, 1.807) is 0 Å². The zero-order chi connectivity index (χ0) is 51.8. The molecule has 0 aliphatic heterocycles. The maximum Gasteiger partial charge on any atom is 0.362 e. The van der Waals surface area contributed by atoms with Gasteiger partial charge in [0.2, 0.25) is 6.79 Å². The molecule has 0 saturated heterocycles. The number of allylic oxidation sites excluding steroid dienone is 2. The highest BCUT2D eigenvalue weighted by Gasteiger charge is 2.29. The Morgan fingerprint density at radius 2 is 0.817 bits per heavy atom. The number of rotatable bonds is 44. The van der Waals surface area contributed by atoms with E-state index in [1.165, 1.54) is 13.8 Å².